The molecule has 3 aromatic rings. The van der Waals surface area contributed by atoms with Crippen molar-refractivity contribution in [3.63, 3.8) is 0 Å². The number of benzene rings is 2. The molecule has 0 saturated carbocycles. The standard InChI is InChI=1S/C20H20FN3O/c1-2-3-13-22-20(25)19-14-18(15-7-5-4-6-8-15)23-24(19)17-11-9-16(21)10-12-17/h4-12,14H,2-3,13H2,1H3,(H,22,25). The molecule has 3 rings (SSSR count). The third-order valence-electron chi connectivity index (χ3n) is 3.90. The summed E-state index contributed by atoms with van der Waals surface area (Å²) in [6.07, 6.45) is 1.93. The number of amides is 1. The topological polar surface area (TPSA) is 46.9 Å². The van der Waals surface area contributed by atoms with Crippen LogP contribution in [0.4, 0.5) is 4.39 Å². The number of hydrogen-bond acceptors (Lipinski definition) is 2. The average molecular weight is 337 g/mol. The van der Waals surface area contributed by atoms with Gasteiger partial charge in [0.05, 0.1) is 11.4 Å². The predicted molar refractivity (Wildman–Crippen MR) is 96.2 cm³/mol. The van der Waals surface area contributed by atoms with Crippen molar-refractivity contribution >= 4 is 5.91 Å². The van der Waals surface area contributed by atoms with Gasteiger partial charge in [-0.15, -0.1) is 0 Å². The molecular formula is C20H20FN3O. The fourth-order valence-electron chi connectivity index (χ4n) is 2.54. The van der Waals surface area contributed by atoms with E-state index in [0.29, 0.717) is 23.6 Å². The Bertz CT molecular complexity index is 841. The number of halogens is 1. The van der Waals surface area contributed by atoms with Crippen molar-refractivity contribution in [2.24, 2.45) is 0 Å². The lowest BCUT2D eigenvalue weighted by Crippen LogP contribution is -2.26. The Balaban J connectivity index is 2.00. The van der Waals surface area contributed by atoms with Gasteiger partial charge >= 0.3 is 0 Å². The summed E-state index contributed by atoms with van der Waals surface area (Å²) in [6.45, 7) is 2.69. The summed E-state index contributed by atoms with van der Waals surface area (Å²) in [4.78, 5) is 12.6. The maximum absolute atomic E-state index is 13.2. The van der Waals surface area contributed by atoms with Gasteiger partial charge in [-0.25, -0.2) is 9.07 Å². The minimum Gasteiger partial charge on any atom is -0.351 e. The summed E-state index contributed by atoms with van der Waals surface area (Å²) in [6, 6.07) is 17.4. The van der Waals surface area contributed by atoms with Crippen LogP contribution in [0.2, 0.25) is 0 Å². The fourth-order valence-corrected chi connectivity index (χ4v) is 2.54. The van der Waals surface area contributed by atoms with E-state index < -0.39 is 0 Å². The van der Waals surface area contributed by atoms with Crippen molar-refractivity contribution in [1.29, 1.82) is 0 Å². The molecule has 1 heterocycles. The summed E-state index contributed by atoms with van der Waals surface area (Å²) in [5, 5.41) is 7.48. The number of rotatable bonds is 6. The highest BCUT2D eigenvalue weighted by Crippen LogP contribution is 2.21. The molecule has 0 atom stereocenters. The van der Waals surface area contributed by atoms with Gasteiger partial charge in [0.2, 0.25) is 0 Å². The van der Waals surface area contributed by atoms with Gasteiger partial charge in [0, 0.05) is 12.1 Å². The summed E-state index contributed by atoms with van der Waals surface area (Å²) >= 11 is 0. The molecular weight excluding hydrogens is 317 g/mol. The van der Waals surface area contributed by atoms with Gasteiger partial charge in [-0.1, -0.05) is 43.7 Å². The highest BCUT2D eigenvalue weighted by molar-refractivity contribution is 5.94. The summed E-state index contributed by atoms with van der Waals surface area (Å²) in [5.41, 5.74) is 2.70. The lowest BCUT2D eigenvalue weighted by molar-refractivity contribution is 0.0945. The Morgan fingerprint density at radius 1 is 1.12 bits per heavy atom. The van der Waals surface area contributed by atoms with Crippen molar-refractivity contribution in [3.8, 4) is 16.9 Å². The molecule has 0 aliphatic carbocycles. The van der Waals surface area contributed by atoms with Crippen LogP contribution in [0.25, 0.3) is 16.9 Å². The third-order valence-corrected chi connectivity index (χ3v) is 3.90. The molecule has 4 nitrogen and oxygen atoms in total. The zero-order valence-electron chi connectivity index (χ0n) is 14.1. The number of carbonyl (C=O) groups excluding carboxylic acids is 1. The molecule has 0 fully saturated rings. The van der Waals surface area contributed by atoms with Crippen LogP contribution < -0.4 is 5.32 Å². The molecule has 0 bridgehead atoms. The van der Waals surface area contributed by atoms with Crippen LogP contribution in [0.3, 0.4) is 0 Å². The number of nitrogens with zero attached hydrogens (tertiary/aromatic N) is 2. The predicted octanol–water partition coefficient (Wildman–Crippen LogP) is 4.21. The van der Waals surface area contributed by atoms with Gasteiger partial charge in [0.1, 0.15) is 11.5 Å². The van der Waals surface area contributed by atoms with Gasteiger partial charge in [-0.2, -0.15) is 5.10 Å². The Morgan fingerprint density at radius 2 is 1.84 bits per heavy atom. The summed E-state index contributed by atoms with van der Waals surface area (Å²) in [7, 11) is 0. The molecule has 1 N–H and O–H groups in total. The second-order valence-corrected chi connectivity index (χ2v) is 5.78. The van der Waals surface area contributed by atoms with E-state index in [2.05, 4.69) is 17.3 Å². The Labute approximate surface area is 146 Å². The zero-order chi connectivity index (χ0) is 17.6. The quantitative estimate of drug-likeness (QED) is 0.685. The maximum atomic E-state index is 13.2. The molecule has 1 aromatic heterocycles. The van der Waals surface area contributed by atoms with E-state index in [1.54, 1.807) is 22.9 Å². The zero-order valence-corrected chi connectivity index (χ0v) is 14.1. The normalized spacial score (nSPS) is 10.6. The van der Waals surface area contributed by atoms with Crippen LogP contribution in [-0.4, -0.2) is 22.2 Å². The van der Waals surface area contributed by atoms with Gasteiger partial charge in [-0.05, 0) is 36.8 Å². The van der Waals surface area contributed by atoms with Crippen molar-refractivity contribution < 1.29 is 9.18 Å². The average Bonchev–Trinajstić information content (AvgIpc) is 3.09. The highest BCUT2D eigenvalue weighted by Gasteiger charge is 2.17. The van der Waals surface area contributed by atoms with E-state index >= 15 is 0 Å². The first-order chi connectivity index (χ1) is 12.2. The molecule has 128 valence electrons. The van der Waals surface area contributed by atoms with Crippen LogP contribution in [0.1, 0.15) is 30.3 Å². The van der Waals surface area contributed by atoms with Crippen LogP contribution in [-0.2, 0) is 0 Å². The van der Waals surface area contributed by atoms with Crippen molar-refractivity contribution in [2.45, 2.75) is 19.8 Å². The molecule has 25 heavy (non-hydrogen) atoms. The van der Waals surface area contributed by atoms with Crippen molar-refractivity contribution in [2.75, 3.05) is 6.54 Å². The molecule has 1 amide bonds. The smallest absolute Gasteiger partial charge is 0.270 e. The molecule has 0 radical (unpaired) electrons. The van der Waals surface area contributed by atoms with Crippen molar-refractivity contribution in [3.05, 3.63) is 72.2 Å². The second-order valence-electron chi connectivity index (χ2n) is 5.78. The molecule has 0 saturated heterocycles. The van der Waals surface area contributed by atoms with E-state index in [9.17, 15) is 9.18 Å². The first-order valence-corrected chi connectivity index (χ1v) is 8.38. The molecule has 2 aromatic carbocycles. The van der Waals surface area contributed by atoms with Crippen LogP contribution >= 0.6 is 0 Å². The lowest BCUT2D eigenvalue weighted by atomic mass is 10.1. The summed E-state index contributed by atoms with van der Waals surface area (Å²) in [5.74, 6) is -0.513. The third kappa shape index (κ3) is 3.94. The minimum atomic E-state index is -0.326. The Hall–Kier alpha value is -2.95. The monoisotopic (exact) mass is 337 g/mol. The number of nitrogens with one attached hydrogen (secondary N) is 1. The van der Waals surface area contributed by atoms with Crippen LogP contribution in [0.5, 0.6) is 0 Å². The van der Waals surface area contributed by atoms with E-state index in [0.717, 1.165) is 18.4 Å². The molecule has 0 unspecified atom stereocenters. The molecule has 0 aliphatic heterocycles. The molecule has 0 spiro atoms. The van der Waals surface area contributed by atoms with E-state index in [1.807, 2.05) is 30.3 Å². The van der Waals surface area contributed by atoms with Gasteiger partial charge in [0.25, 0.3) is 5.91 Å². The SMILES string of the molecule is CCCCNC(=O)c1cc(-c2ccccc2)nn1-c1ccc(F)cc1. The summed E-state index contributed by atoms with van der Waals surface area (Å²) < 4.78 is 14.8. The lowest BCUT2D eigenvalue weighted by Gasteiger charge is -2.08. The first-order valence-electron chi connectivity index (χ1n) is 8.38. The van der Waals surface area contributed by atoms with E-state index in [4.69, 9.17) is 0 Å². The van der Waals surface area contributed by atoms with Crippen LogP contribution in [0.15, 0.2) is 60.7 Å². The number of carbonyl (C=O) groups is 1. The molecule has 5 heteroatoms. The minimum absolute atomic E-state index is 0.188. The number of aromatic nitrogens is 2. The first kappa shape index (κ1) is 16.9. The van der Waals surface area contributed by atoms with Gasteiger partial charge < -0.3 is 5.32 Å². The maximum Gasteiger partial charge on any atom is 0.270 e. The van der Waals surface area contributed by atoms with E-state index in [-0.39, 0.29) is 11.7 Å². The van der Waals surface area contributed by atoms with Gasteiger partial charge in [-0.3, -0.25) is 4.79 Å². The van der Waals surface area contributed by atoms with E-state index in [1.165, 1.54) is 12.1 Å². The largest absolute Gasteiger partial charge is 0.351 e. The fraction of sp³-hybridized carbons (Fsp3) is 0.200. The van der Waals surface area contributed by atoms with Gasteiger partial charge in [0.15, 0.2) is 0 Å². The number of unbranched alkanes of at least 4 members (excludes halogenated alkanes) is 1. The number of hydrogen-bond donors (Lipinski definition) is 1. The molecule has 0 aliphatic rings. The Kier molecular flexibility index (Phi) is 5.23. The second kappa shape index (κ2) is 7.75. The Morgan fingerprint density at radius 3 is 2.52 bits per heavy atom. The van der Waals surface area contributed by atoms with Crippen LogP contribution in [0, 0.1) is 5.82 Å². The highest BCUT2D eigenvalue weighted by atomic mass is 19.1. The van der Waals surface area contributed by atoms with Crippen molar-refractivity contribution in [1.82, 2.24) is 15.1 Å².